The Labute approximate surface area is 104 Å². The van der Waals surface area contributed by atoms with Crippen molar-refractivity contribution in [3.63, 3.8) is 0 Å². The standard InChI is InChI=1S/C14H24O3/c1-10(2)8-12(15)9-11-6-5-7-14(11,3)13(16)17-4/h9-10,12,15H,5-8H2,1-4H3/b11-9+/t12-,14-/m1/s1. The average Bonchev–Trinajstić information content (AvgIpc) is 2.59. The van der Waals surface area contributed by atoms with Gasteiger partial charge in [-0.3, -0.25) is 4.79 Å². The minimum Gasteiger partial charge on any atom is -0.468 e. The summed E-state index contributed by atoms with van der Waals surface area (Å²) >= 11 is 0. The molecule has 0 radical (unpaired) electrons. The van der Waals surface area contributed by atoms with Gasteiger partial charge < -0.3 is 9.84 Å². The van der Waals surface area contributed by atoms with Crippen molar-refractivity contribution in [1.82, 2.24) is 0 Å². The van der Waals surface area contributed by atoms with E-state index >= 15 is 0 Å². The summed E-state index contributed by atoms with van der Waals surface area (Å²) in [6.45, 7) is 6.07. The highest BCUT2D eigenvalue weighted by atomic mass is 16.5. The van der Waals surface area contributed by atoms with E-state index < -0.39 is 11.5 Å². The third kappa shape index (κ3) is 3.32. The van der Waals surface area contributed by atoms with Gasteiger partial charge in [-0.15, -0.1) is 0 Å². The number of hydrogen-bond donors (Lipinski definition) is 1. The summed E-state index contributed by atoms with van der Waals surface area (Å²) in [5, 5.41) is 9.94. The van der Waals surface area contributed by atoms with E-state index in [9.17, 15) is 9.90 Å². The van der Waals surface area contributed by atoms with Crippen LogP contribution in [0, 0.1) is 11.3 Å². The number of aliphatic hydroxyl groups excluding tert-OH is 1. The van der Waals surface area contributed by atoms with Crippen molar-refractivity contribution in [2.45, 2.75) is 52.6 Å². The highest BCUT2D eigenvalue weighted by Crippen LogP contribution is 2.43. The molecule has 98 valence electrons. The molecule has 1 rings (SSSR count). The summed E-state index contributed by atoms with van der Waals surface area (Å²) in [7, 11) is 1.42. The molecule has 0 bridgehead atoms. The first kappa shape index (κ1) is 14.2. The van der Waals surface area contributed by atoms with Crippen molar-refractivity contribution in [3.8, 4) is 0 Å². The smallest absolute Gasteiger partial charge is 0.315 e. The van der Waals surface area contributed by atoms with Crippen molar-refractivity contribution in [1.29, 1.82) is 0 Å². The van der Waals surface area contributed by atoms with Gasteiger partial charge in [-0.05, 0) is 38.5 Å². The number of rotatable bonds is 4. The average molecular weight is 240 g/mol. The maximum absolute atomic E-state index is 11.8. The lowest BCUT2D eigenvalue weighted by molar-refractivity contribution is -0.149. The molecule has 0 amide bonds. The van der Waals surface area contributed by atoms with E-state index in [0.717, 1.165) is 31.3 Å². The summed E-state index contributed by atoms with van der Waals surface area (Å²) in [4.78, 5) is 11.8. The molecule has 17 heavy (non-hydrogen) atoms. The van der Waals surface area contributed by atoms with Crippen LogP contribution in [0.4, 0.5) is 0 Å². The molecule has 3 nitrogen and oxygen atoms in total. The zero-order valence-electron chi connectivity index (χ0n) is 11.3. The summed E-state index contributed by atoms with van der Waals surface area (Å²) < 4.78 is 4.87. The van der Waals surface area contributed by atoms with Gasteiger partial charge in [0.2, 0.25) is 0 Å². The largest absolute Gasteiger partial charge is 0.468 e. The van der Waals surface area contributed by atoms with Crippen LogP contribution in [0.15, 0.2) is 11.6 Å². The fourth-order valence-corrected chi connectivity index (χ4v) is 2.58. The lowest BCUT2D eigenvalue weighted by Gasteiger charge is -2.23. The zero-order chi connectivity index (χ0) is 13.1. The van der Waals surface area contributed by atoms with E-state index in [-0.39, 0.29) is 5.97 Å². The molecule has 1 aliphatic rings. The van der Waals surface area contributed by atoms with Gasteiger partial charge in [-0.25, -0.2) is 0 Å². The summed E-state index contributed by atoms with van der Waals surface area (Å²) in [5.41, 5.74) is 0.518. The molecule has 1 N–H and O–H groups in total. The molecule has 0 aromatic heterocycles. The van der Waals surface area contributed by atoms with Crippen molar-refractivity contribution in [2.75, 3.05) is 7.11 Å². The van der Waals surface area contributed by atoms with Crippen LogP contribution in [-0.2, 0) is 9.53 Å². The second-order valence-electron chi connectivity index (χ2n) is 5.57. The fraction of sp³-hybridized carbons (Fsp3) is 0.786. The Balaban J connectivity index is 2.81. The predicted molar refractivity (Wildman–Crippen MR) is 67.5 cm³/mol. The summed E-state index contributed by atoms with van der Waals surface area (Å²) in [6, 6.07) is 0. The number of aliphatic hydroxyl groups is 1. The molecule has 0 spiro atoms. The molecule has 2 atom stereocenters. The van der Waals surface area contributed by atoms with Crippen LogP contribution in [0.25, 0.3) is 0 Å². The molecule has 0 heterocycles. The Morgan fingerprint density at radius 2 is 2.24 bits per heavy atom. The first-order valence-corrected chi connectivity index (χ1v) is 6.38. The molecule has 0 aromatic rings. The van der Waals surface area contributed by atoms with Crippen molar-refractivity contribution >= 4 is 5.97 Å². The number of carbonyl (C=O) groups is 1. The molecule has 1 aliphatic carbocycles. The van der Waals surface area contributed by atoms with Gasteiger partial charge in [0, 0.05) is 0 Å². The Morgan fingerprint density at radius 1 is 1.59 bits per heavy atom. The Morgan fingerprint density at radius 3 is 2.76 bits per heavy atom. The van der Waals surface area contributed by atoms with Gasteiger partial charge >= 0.3 is 5.97 Å². The lowest BCUT2D eigenvalue weighted by Crippen LogP contribution is -2.28. The highest BCUT2D eigenvalue weighted by Gasteiger charge is 2.41. The Hall–Kier alpha value is -0.830. The van der Waals surface area contributed by atoms with Gasteiger partial charge in [0.15, 0.2) is 0 Å². The third-order valence-electron chi connectivity index (χ3n) is 3.57. The second kappa shape index (κ2) is 5.67. The van der Waals surface area contributed by atoms with Gasteiger partial charge in [-0.1, -0.05) is 25.5 Å². The van der Waals surface area contributed by atoms with Crippen LogP contribution in [0.3, 0.4) is 0 Å². The maximum atomic E-state index is 11.8. The Bertz CT molecular complexity index is 307. The first-order valence-electron chi connectivity index (χ1n) is 6.38. The van der Waals surface area contributed by atoms with Gasteiger partial charge in [-0.2, -0.15) is 0 Å². The minimum absolute atomic E-state index is 0.182. The van der Waals surface area contributed by atoms with Crippen molar-refractivity contribution in [2.24, 2.45) is 11.3 Å². The number of hydrogen-bond acceptors (Lipinski definition) is 3. The molecule has 0 saturated heterocycles. The summed E-state index contributed by atoms with van der Waals surface area (Å²) in [5.74, 6) is 0.269. The molecular weight excluding hydrogens is 216 g/mol. The van der Waals surface area contributed by atoms with Crippen LogP contribution in [0.1, 0.15) is 46.5 Å². The van der Waals surface area contributed by atoms with Crippen molar-refractivity contribution < 1.29 is 14.6 Å². The minimum atomic E-state index is -0.521. The zero-order valence-corrected chi connectivity index (χ0v) is 11.3. The van der Waals surface area contributed by atoms with E-state index in [0.29, 0.717) is 5.92 Å². The monoisotopic (exact) mass is 240 g/mol. The van der Waals surface area contributed by atoms with Crippen molar-refractivity contribution in [3.05, 3.63) is 11.6 Å². The molecule has 3 heteroatoms. The number of esters is 1. The van der Waals surface area contributed by atoms with E-state index in [1.54, 1.807) is 0 Å². The number of carbonyl (C=O) groups excluding carboxylic acids is 1. The first-order chi connectivity index (χ1) is 7.90. The normalized spacial score (nSPS) is 28.7. The molecule has 0 aromatic carbocycles. The van der Waals surface area contributed by atoms with Gasteiger partial charge in [0.1, 0.15) is 0 Å². The molecule has 1 saturated carbocycles. The van der Waals surface area contributed by atoms with E-state index in [1.165, 1.54) is 7.11 Å². The Kier molecular flexibility index (Phi) is 4.75. The van der Waals surface area contributed by atoms with Gasteiger partial charge in [0.05, 0.1) is 18.6 Å². The third-order valence-corrected chi connectivity index (χ3v) is 3.57. The van der Waals surface area contributed by atoms with E-state index in [1.807, 2.05) is 13.0 Å². The summed E-state index contributed by atoms with van der Waals surface area (Å²) in [6.07, 6.45) is 4.85. The van der Waals surface area contributed by atoms with Crippen LogP contribution in [0.2, 0.25) is 0 Å². The molecule has 1 fully saturated rings. The lowest BCUT2D eigenvalue weighted by atomic mass is 9.83. The van der Waals surface area contributed by atoms with Crippen LogP contribution in [0.5, 0.6) is 0 Å². The number of methoxy groups -OCH3 is 1. The van der Waals surface area contributed by atoms with Crippen LogP contribution >= 0.6 is 0 Å². The highest BCUT2D eigenvalue weighted by molar-refractivity contribution is 5.80. The molecular formula is C14H24O3. The van der Waals surface area contributed by atoms with Crippen LogP contribution < -0.4 is 0 Å². The predicted octanol–water partition coefficient (Wildman–Crippen LogP) is 2.68. The topological polar surface area (TPSA) is 46.5 Å². The SMILES string of the molecule is COC(=O)[C@]1(C)CCC/C1=C\[C@H](O)CC(C)C. The quantitative estimate of drug-likeness (QED) is 0.607. The molecule has 0 unspecified atom stereocenters. The van der Waals surface area contributed by atoms with E-state index in [2.05, 4.69) is 13.8 Å². The maximum Gasteiger partial charge on any atom is 0.315 e. The molecule has 0 aliphatic heterocycles. The second-order valence-corrected chi connectivity index (χ2v) is 5.57. The fourth-order valence-electron chi connectivity index (χ4n) is 2.58. The van der Waals surface area contributed by atoms with E-state index in [4.69, 9.17) is 4.74 Å². The van der Waals surface area contributed by atoms with Gasteiger partial charge in [0.25, 0.3) is 0 Å². The van der Waals surface area contributed by atoms with Crippen LogP contribution in [-0.4, -0.2) is 24.3 Å². The number of ether oxygens (including phenoxy) is 1.